The first kappa shape index (κ1) is 17.8. The van der Waals surface area contributed by atoms with Crippen molar-refractivity contribution in [2.75, 3.05) is 30.5 Å². The summed E-state index contributed by atoms with van der Waals surface area (Å²) in [6.07, 6.45) is 1.81. The van der Waals surface area contributed by atoms with Crippen LogP contribution in [0.5, 0.6) is 11.5 Å². The molecule has 2 aromatic carbocycles. The highest BCUT2D eigenvalue weighted by atomic mass is 32.2. The van der Waals surface area contributed by atoms with E-state index in [2.05, 4.69) is 4.90 Å². The molecule has 0 radical (unpaired) electrons. The second-order valence-corrected chi connectivity index (χ2v) is 9.58. The summed E-state index contributed by atoms with van der Waals surface area (Å²) in [7, 11) is -3.29. The van der Waals surface area contributed by atoms with Crippen LogP contribution in [0.15, 0.2) is 48.5 Å². The van der Waals surface area contributed by atoms with E-state index in [0.717, 1.165) is 55.2 Å². The topological polar surface area (TPSA) is 59.1 Å². The number of likely N-dealkylation sites (tertiary alicyclic amines) is 1. The van der Waals surface area contributed by atoms with Gasteiger partial charge in [-0.05, 0) is 43.1 Å². The highest BCUT2D eigenvalue weighted by molar-refractivity contribution is 7.92. The van der Waals surface area contributed by atoms with Crippen LogP contribution in [-0.4, -0.2) is 51.7 Å². The summed E-state index contributed by atoms with van der Waals surface area (Å²) in [6.45, 7) is 2.92. The van der Waals surface area contributed by atoms with Crippen LogP contribution in [0.1, 0.15) is 18.4 Å². The van der Waals surface area contributed by atoms with Crippen LogP contribution < -0.4 is 13.8 Å². The molecule has 5 rings (SSSR count). The van der Waals surface area contributed by atoms with E-state index < -0.39 is 10.0 Å². The number of hydrogen-bond donors (Lipinski definition) is 0. The fourth-order valence-electron chi connectivity index (χ4n) is 4.52. The van der Waals surface area contributed by atoms with E-state index in [1.54, 1.807) is 4.31 Å². The highest BCUT2D eigenvalue weighted by Gasteiger charge is 2.40. The maximum atomic E-state index is 12.8. The van der Waals surface area contributed by atoms with Crippen molar-refractivity contribution in [3.63, 3.8) is 0 Å². The quantitative estimate of drug-likeness (QED) is 0.793. The minimum atomic E-state index is -3.29. The van der Waals surface area contributed by atoms with E-state index in [0.29, 0.717) is 6.61 Å². The Hall–Kier alpha value is -2.25. The van der Waals surface area contributed by atoms with Crippen LogP contribution in [0.25, 0.3) is 0 Å². The number of nitrogens with zero attached hydrogens (tertiary/aromatic N) is 2. The molecule has 148 valence electrons. The summed E-state index contributed by atoms with van der Waals surface area (Å²) in [5.74, 6) is 1.68. The molecule has 0 bridgehead atoms. The number of hydrogen-bond acceptors (Lipinski definition) is 5. The SMILES string of the molecule is O=S1(=O)Cc2ccccc2N1C1CCCN(CC2COc3ccccc3O2)C1. The van der Waals surface area contributed by atoms with E-state index in [4.69, 9.17) is 9.47 Å². The standard InChI is InChI=1S/C21H24N2O4S/c24-28(25)15-16-6-1-2-8-19(16)23(28)17-7-5-11-22(12-17)13-18-14-26-20-9-3-4-10-21(20)27-18/h1-4,6,8-10,17-18H,5,7,11-15H2. The summed E-state index contributed by atoms with van der Waals surface area (Å²) >= 11 is 0. The van der Waals surface area contributed by atoms with Crippen molar-refractivity contribution in [1.29, 1.82) is 0 Å². The van der Waals surface area contributed by atoms with E-state index in [9.17, 15) is 8.42 Å². The van der Waals surface area contributed by atoms with Gasteiger partial charge in [0.2, 0.25) is 10.0 Å². The monoisotopic (exact) mass is 400 g/mol. The van der Waals surface area contributed by atoms with Crippen LogP contribution in [0.3, 0.4) is 0 Å². The first-order chi connectivity index (χ1) is 13.6. The smallest absolute Gasteiger partial charge is 0.239 e. The van der Waals surface area contributed by atoms with Gasteiger partial charge >= 0.3 is 0 Å². The molecular weight excluding hydrogens is 376 g/mol. The number of benzene rings is 2. The zero-order chi connectivity index (χ0) is 19.1. The Labute approximate surface area is 165 Å². The highest BCUT2D eigenvalue weighted by Crippen LogP contribution is 2.37. The first-order valence-corrected chi connectivity index (χ1v) is 11.4. The van der Waals surface area contributed by atoms with Gasteiger partial charge in [0.15, 0.2) is 11.5 Å². The lowest BCUT2D eigenvalue weighted by molar-refractivity contribution is 0.0511. The molecule has 3 aliphatic rings. The average molecular weight is 401 g/mol. The third kappa shape index (κ3) is 3.22. The van der Waals surface area contributed by atoms with Crippen molar-refractivity contribution in [2.45, 2.75) is 30.7 Å². The average Bonchev–Trinajstić information content (AvgIpc) is 2.97. The molecule has 7 heteroatoms. The normalized spacial score (nSPS) is 26.1. The Balaban J connectivity index is 1.30. The molecule has 0 saturated carbocycles. The van der Waals surface area contributed by atoms with Gasteiger partial charge in [0.05, 0.1) is 17.5 Å². The molecule has 3 heterocycles. The van der Waals surface area contributed by atoms with Crippen LogP contribution in [0, 0.1) is 0 Å². The van der Waals surface area contributed by atoms with E-state index in [1.165, 1.54) is 0 Å². The van der Waals surface area contributed by atoms with Gasteiger partial charge in [0, 0.05) is 13.1 Å². The molecule has 0 N–H and O–H groups in total. The van der Waals surface area contributed by atoms with Gasteiger partial charge in [-0.1, -0.05) is 30.3 Å². The summed E-state index contributed by atoms with van der Waals surface area (Å²) in [5.41, 5.74) is 1.75. The Morgan fingerprint density at radius 1 is 1.04 bits per heavy atom. The van der Waals surface area contributed by atoms with Gasteiger partial charge in [0.25, 0.3) is 0 Å². The van der Waals surface area contributed by atoms with Crippen LogP contribution in [0.2, 0.25) is 0 Å². The van der Waals surface area contributed by atoms with Gasteiger partial charge in [0.1, 0.15) is 12.7 Å². The van der Waals surface area contributed by atoms with Crippen LogP contribution in [-0.2, 0) is 15.8 Å². The van der Waals surface area contributed by atoms with Crippen molar-refractivity contribution >= 4 is 15.7 Å². The number of sulfonamides is 1. The maximum Gasteiger partial charge on any atom is 0.239 e. The summed E-state index contributed by atoms with van der Waals surface area (Å²) in [5, 5.41) is 0. The fourth-order valence-corrected chi connectivity index (χ4v) is 6.40. The van der Waals surface area contributed by atoms with Crippen molar-refractivity contribution in [1.82, 2.24) is 4.90 Å². The van der Waals surface area contributed by atoms with E-state index >= 15 is 0 Å². The lowest BCUT2D eigenvalue weighted by atomic mass is 10.0. The van der Waals surface area contributed by atoms with Gasteiger partial charge < -0.3 is 9.47 Å². The minimum Gasteiger partial charge on any atom is -0.486 e. The first-order valence-electron chi connectivity index (χ1n) is 9.81. The van der Waals surface area contributed by atoms with Crippen molar-refractivity contribution in [3.05, 3.63) is 54.1 Å². The van der Waals surface area contributed by atoms with E-state index in [1.807, 2.05) is 48.5 Å². The molecule has 1 fully saturated rings. The number of ether oxygens (including phenoxy) is 2. The molecule has 0 spiro atoms. The lowest BCUT2D eigenvalue weighted by Gasteiger charge is -2.39. The minimum absolute atomic E-state index is 0.0285. The third-order valence-electron chi connectivity index (χ3n) is 5.71. The Kier molecular flexibility index (Phi) is 4.44. The number of para-hydroxylation sites is 3. The second kappa shape index (κ2) is 6.97. The predicted molar refractivity (Wildman–Crippen MR) is 107 cm³/mol. The molecule has 2 unspecified atom stereocenters. The van der Waals surface area contributed by atoms with Gasteiger partial charge in [-0.25, -0.2) is 8.42 Å². The van der Waals surface area contributed by atoms with Crippen LogP contribution >= 0.6 is 0 Å². The molecule has 2 aromatic rings. The zero-order valence-corrected chi connectivity index (χ0v) is 16.5. The molecule has 3 aliphatic heterocycles. The fraction of sp³-hybridized carbons (Fsp3) is 0.429. The number of piperidine rings is 1. The predicted octanol–water partition coefficient (Wildman–Crippen LogP) is 2.64. The maximum absolute atomic E-state index is 12.8. The summed E-state index contributed by atoms with van der Waals surface area (Å²) in [4.78, 5) is 2.31. The Bertz CT molecular complexity index is 978. The largest absolute Gasteiger partial charge is 0.486 e. The third-order valence-corrected chi connectivity index (χ3v) is 7.48. The van der Waals surface area contributed by atoms with Crippen molar-refractivity contribution < 1.29 is 17.9 Å². The van der Waals surface area contributed by atoms with Gasteiger partial charge in [-0.3, -0.25) is 9.21 Å². The number of fused-ring (bicyclic) bond motifs is 2. The molecule has 0 amide bonds. The molecule has 6 nitrogen and oxygen atoms in total. The van der Waals surface area contributed by atoms with Gasteiger partial charge in [-0.2, -0.15) is 0 Å². The van der Waals surface area contributed by atoms with Crippen molar-refractivity contribution in [2.24, 2.45) is 0 Å². The molecule has 28 heavy (non-hydrogen) atoms. The summed E-state index contributed by atoms with van der Waals surface area (Å²) in [6, 6.07) is 15.3. The second-order valence-electron chi connectivity index (χ2n) is 7.73. The molecule has 2 atom stereocenters. The molecule has 0 aromatic heterocycles. The van der Waals surface area contributed by atoms with Crippen LogP contribution in [0.4, 0.5) is 5.69 Å². The van der Waals surface area contributed by atoms with E-state index in [-0.39, 0.29) is 17.9 Å². The van der Waals surface area contributed by atoms with Gasteiger partial charge in [-0.15, -0.1) is 0 Å². The zero-order valence-electron chi connectivity index (χ0n) is 15.7. The molecule has 0 aliphatic carbocycles. The van der Waals surface area contributed by atoms with Crippen molar-refractivity contribution in [3.8, 4) is 11.5 Å². The number of rotatable bonds is 3. The molecule has 1 saturated heterocycles. The molecular formula is C21H24N2O4S. The number of anilines is 1. The Morgan fingerprint density at radius 3 is 2.71 bits per heavy atom. The Morgan fingerprint density at radius 2 is 1.82 bits per heavy atom. The lowest BCUT2D eigenvalue weighted by Crippen LogP contribution is -2.52. The summed E-state index contributed by atoms with van der Waals surface area (Å²) < 4.78 is 39.2.